The van der Waals surface area contributed by atoms with Crippen LogP contribution in [0.1, 0.15) is 32.1 Å². The van der Waals surface area contributed by atoms with Crippen molar-refractivity contribution in [2.24, 2.45) is 5.84 Å². The molecule has 7 N–H and O–H groups in total. The Morgan fingerprint density at radius 2 is 1.46 bits per heavy atom. The van der Waals surface area contributed by atoms with Gasteiger partial charge in [0.1, 0.15) is 0 Å². The zero-order valence-electron chi connectivity index (χ0n) is 22.7. The van der Waals surface area contributed by atoms with E-state index in [9.17, 15) is 27.6 Å². The molecule has 2 saturated heterocycles. The van der Waals surface area contributed by atoms with E-state index in [-0.39, 0.29) is 36.3 Å². The van der Waals surface area contributed by atoms with E-state index in [0.29, 0.717) is 71.1 Å². The number of nitrogens with one attached hydrogen (secondary N) is 4. The van der Waals surface area contributed by atoms with Crippen LogP contribution < -0.4 is 27.2 Å². The van der Waals surface area contributed by atoms with Gasteiger partial charge in [-0.25, -0.2) is 15.4 Å². The molecule has 0 saturated carbocycles. The molecule has 14 nitrogen and oxygen atoms in total. The number of hydrogen-bond acceptors (Lipinski definition) is 10. The Balaban J connectivity index is 0.00000106. The van der Waals surface area contributed by atoms with Gasteiger partial charge in [-0.15, -0.1) is 0 Å². The minimum atomic E-state index is -5.08. The molecule has 0 aromatic carbocycles. The molecule has 0 spiro atoms. The zero-order valence-corrected chi connectivity index (χ0v) is 23.5. The maximum atomic E-state index is 11.9. The van der Waals surface area contributed by atoms with Crippen molar-refractivity contribution in [2.45, 2.75) is 55.6 Å². The number of carboxylic acids is 1. The first-order valence-electron chi connectivity index (χ1n) is 13.1. The first-order chi connectivity index (χ1) is 19.5. The van der Waals surface area contributed by atoms with Gasteiger partial charge in [-0.2, -0.15) is 24.9 Å². The summed E-state index contributed by atoms with van der Waals surface area (Å²) in [6.07, 6.45) is -1.52. The molecular formula is C23H40F3N5O9S. The number of amides is 4. The second-order valence-electron chi connectivity index (χ2n) is 8.79. The summed E-state index contributed by atoms with van der Waals surface area (Å²) in [5.74, 6) is 2.94. The number of unbranched alkanes of at least 4 members (excludes halogenated alkanes) is 1. The van der Waals surface area contributed by atoms with E-state index in [1.54, 1.807) is 0 Å². The largest absolute Gasteiger partial charge is 0.490 e. The summed E-state index contributed by atoms with van der Waals surface area (Å²) in [5.41, 5.74) is 2.03. The summed E-state index contributed by atoms with van der Waals surface area (Å²) in [6.45, 7) is 3.89. The summed E-state index contributed by atoms with van der Waals surface area (Å²) < 4.78 is 53.1. The van der Waals surface area contributed by atoms with Crippen molar-refractivity contribution < 1.29 is 56.4 Å². The van der Waals surface area contributed by atoms with Crippen molar-refractivity contribution >= 4 is 35.6 Å². The molecule has 41 heavy (non-hydrogen) atoms. The summed E-state index contributed by atoms with van der Waals surface area (Å²) in [6, 6.07) is 0.413. The first kappa shape index (κ1) is 36.6. The van der Waals surface area contributed by atoms with Crippen LogP contribution in [0.2, 0.25) is 0 Å². The Morgan fingerprint density at radius 3 is 2.02 bits per heavy atom. The highest BCUT2D eigenvalue weighted by Crippen LogP contribution is 2.33. The maximum absolute atomic E-state index is 11.9. The molecular weight excluding hydrogens is 579 g/mol. The highest BCUT2D eigenvalue weighted by Gasteiger charge is 2.42. The topological polar surface area (TPSA) is 200 Å². The first-order valence-corrected chi connectivity index (χ1v) is 14.1. The lowest BCUT2D eigenvalue weighted by molar-refractivity contribution is -0.192. The summed E-state index contributed by atoms with van der Waals surface area (Å²) in [5, 5.41) is 16.4. The number of halogens is 3. The highest BCUT2D eigenvalue weighted by atomic mass is 32.2. The predicted molar refractivity (Wildman–Crippen MR) is 141 cm³/mol. The van der Waals surface area contributed by atoms with Crippen LogP contribution in [0.3, 0.4) is 0 Å². The fraction of sp³-hybridized carbons (Fsp3) is 0.826. The molecule has 0 unspecified atom stereocenters. The van der Waals surface area contributed by atoms with Gasteiger partial charge in [0.15, 0.2) is 0 Å². The molecule has 0 aliphatic carbocycles. The average Bonchev–Trinajstić information content (AvgIpc) is 3.47. The van der Waals surface area contributed by atoms with Gasteiger partial charge in [0.2, 0.25) is 11.8 Å². The fourth-order valence-electron chi connectivity index (χ4n) is 3.62. The van der Waals surface area contributed by atoms with E-state index in [2.05, 4.69) is 16.0 Å². The summed E-state index contributed by atoms with van der Waals surface area (Å²) in [7, 11) is 0. The molecule has 0 radical (unpaired) electrons. The van der Waals surface area contributed by atoms with Gasteiger partial charge in [0.05, 0.1) is 71.4 Å². The number of carboxylic acid groups (broad SMARTS) is 1. The number of aliphatic carboxylic acids is 1. The number of rotatable bonds is 20. The Hall–Kier alpha value is -2.38. The lowest BCUT2D eigenvalue weighted by Gasteiger charge is -2.16. The van der Waals surface area contributed by atoms with Crippen LogP contribution in [-0.4, -0.2) is 118 Å². The number of carbonyl (C=O) groups is 4. The molecule has 2 aliphatic rings. The van der Waals surface area contributed by atoms with Crippen molar-refractivity contribution in [3.8, 4) is 0 Å². The van der Waals surface area contributed by atoms with Gasteiger partial charge in [0, 0.05) is 24.0 Å². The maximum Gasteiger partial charge on any atom is 0.490 e. The van der Waals surface area contributed by atoms with Crippen LogP contribution in [0.15, 0.2) is 0 Å². The molecule has 3 atom stereocenters. The second-order valence-corrected chi connectivity index (χ2v) is 10.1. The van der Waals surface area contributed by atoms with Crippen molar-refractivity contribution in [2.75, 3.05) is 65.2 Å². The number of carbonyl (C=O) groups excluding carboxylic acids is 3. The number of nitrogens with two attached hydrogens (primary N) is 1. The van der Waals surface area contributed by atoms with Crippen LogP contribution in [0, 0.1) is 0 Å². The third kappa shape index (κ3) is 17.9. The van der Waals surface area contributed by atoms with Crippen LogP contribution in [-0.2, 0) is 33.3 Å². The van der Waals surface area contributed by atoms with Crippen molar-refractivity contribution in [1.29, 1.82) is 0 Å². The Bertz CT molecular complexity index is 798. The van der Waals surface area contributed by atoms with E-state index < -0.39 is 12.1 Å². The Kier molecular flexibility index (Phi) is 19.1. The number of ether oxygens (including phenoxy) is 4. The standard InChI is InChI=1S/C21H39N5O7S.C2HF3O2/c22-26-19(28)5-7-30-9-11-32-13-14-33-12-10-31-8-6-23-18(27)4-2-1-3-17-20-16(15-34-17)24-21(29)25-20;3-2(4,5)1(6)7/h16-17,20H,1-15,22H2,(H,23,27)(H,26,28)(H2,24,25,29);(H,6,7)/t16-,17-,20-;/m0./s1. The van der Waals surface area contributed by atoms with Crippen LogP contribution >= 0.6 is 11.8 Å². The highest BCUT2D eigenvalue weighted by molar-refractivity contribution is 8.00. The average molecular weight is 620 g/mol. The zero-order chi connectivity index (χ0) is 30.5. The number of fused-ring (bicyclic) bond motifs is 1. The van der Waals surface area contributed by atoms with Gasteiger partial charge >= 0.3 is 18.2 Å². The number of alkyl halides is 3. The van der Waals surface area contributed by atoms with E-state index in [4.69, 9.17) is 34.7 Å². The minimum Gasteiger partial charge on any atom is -0.475 e. The molecule has 0 aromatic rings. The number of thioether (sulfide) groups is 1. The Morgan fingerprint density at radius 1 is 0.902 bits per heavy atom. The summed E-state index contributed by atoms with van der Waals surface area (Å²) in [4.78, 5) is 43.1. The van der Waals surface area contributed by atoms with Crippen molar-refractivity contribution in [3.05, 3.63) is 0 Å². The number of urea groups is 1. The van der Waals surface area contributed by atoms with E-state index >= 15 is 0 Å². The van der Waals surface area contributed by atoms with Crippen molar-refractivity contribution in [3.63, 3.8) is 0 Å². The lowest BCUT2D eigenvalue weighted by atomic mass is 10.0. The third-order valence-corrected chi connectivity index (χ3v) is 7.15. The fourth-order valence-corrected chi connectivity index (χ4v) is 5.17. The molecule has 4 amide bonds. The van der Waals surface area contributed by atoms with E-state index in [1.165, 1.54) is 0 Å². The van der Waals surface area contributed by atoms with E-state index in [0.717, 1.165) is 25.0 Å². The molecule has 2 aliphatic heterocycles. The molecule has 0 aromatic heterocycles. The normalized spacial score (nSPS) is 19.4. The third-order valence-electron chi connectivity index (χ3n) is 5.64. The smallest absolute Gasteiger partial charge is 0.475 e. The van der Waals surface area contributed by atoms with Gasteiger partial charge in [-0.3, -0.25) is 15.0 Å². The van der Waals surface area contributed by atoms with Gasteiger partial charge in [-0.05, 0) is 12.8 Å². The van der Waals surface area contributed by atoms with E-state index in [1.807, 2.05) is 17.2 Å². The molecule has 18 heteroatoms. The number of hydrazine groups is 1. The predicted octanol–water partition coefficient (Wildman–Crippen LogP) is -0.0919. The van der Waals surface area contributed by atoms with Crippen LogP contribution in [0.4, 0.5) is 18.0 Å². The molecule has 0 bridgehead atoms. The second kappa shape index (κ2) is 21.3. The van der Waals surface area contributed by atoms with Crippen LogP contribution in [0.5, 0.6) is 0 Å². The monoisotopic (exact) mass is 619 g/mol. The minimum absolute atomic E-state index is 0.0383. The SMILES string of the molecule is NNC(=O)CCOCCOCCOCCOCCNC(=O)CCCC[C@@H]1SC[C@@H]2NC(=O)N[C@@H]21.O=C(O)C(F)(F)F. The van der Waals surface area contributed by atoms with Gasteiger partial charge in [0.25, 0.3) is 0 Å². The number of hydrogen-bond donors (Lipinski definition) is 6. The lowest BCUT2D eigenvalue weighted by Crippen LogP contribution is -2.36. The van der Waals surface area contributed by atoms with Gasteiger partial charge in [-0.1, -0.05) is 6.42 Å². The quantitative estimate of drug-likeness (QED) is 0.0350. The molecule has 238 valence electrons. The molecule has 2 fully saturated rings. The Labute approximate surface area is 240 Å². The summed E-state index contributed by atoms with van der Waals surface area (Å²) >= 11 is 1.90. The molecule has 2 rings (SSSR count). The van der Waals surface area contributed by atoms with Crippen LogP contribution in [0.25, 0.3) is 0 Å². The molecule has 2 heterocycles. The van der Waals surface area contributed by atoms with Crippen molar-refractivity contribution in [1.82, 2.24) is 21.4 Å². The van der Waals surface area contributed by atoms with Gasteiger partial charge < -0.3 is 40.0 Å².